The van der Waals surface area contributed by atoms with E-state index in [1.54, 1.807) is 4.90 Å². The van der Waals surface area contributed by atoms with Crippen LogP contribution in [0.25, 0.3) is 11.1 Å². The average molecular weight is 457 g/mol. The Morgan fingerprint density at radius 1 is 1.03 bits per heavy atom. The number of benzene rings is 2. The molecule has 1 saturated carbocycles. The molecular weight excluding hydrogens is 424 g/mol. The molecule has 2 fully saturated rings. The number of piperidine rings is 1. The van der Waals surface area contributed by atoms with E-state index in [0.29, 0.717) is 31.9 Å². The average Bonchev–Trinajstić information content (AvgIpc) is 2.73. The minimum Gasteiger partial charge on any atom is -0.449 e. The van der Waals surface area contributed by atoms with Crippen LogP contribution < -0.4 is 4.72 Å². The van der Waals surface area contributed by atoms with Crippen molar-refractivity contribution in [3.63, 3.8) is 0 Å². The molecule has 2 aromatic rings. The van der Waals surface area contributed by atoms with Crippen molar-refractivity contribution >= 4 is 16.1 Å². The second kappa shape index (κ2) is 10.0. The number of ether oxygens (including phenoxy) is 1. The summed E-state index contributed by atoms with van der Waals surface area (Å²) in [6.07, 6.45) is 6.27. The molecule has 2 aromatic carbocycles. The molecule has 32 heavy (non-hydrogen) atoms. The topological polar surface area (TPSA) is 75.7 Å². The largest absolute Gasteiger partial charge is 0.449 e. The quantitative estimate of drug-likeness (QED) is 0.677. The Morgan fingerprint density at radius 3 is 2.47 bits per heavy atom. The first-order chi connectivity index (χ1) is 15.4. The van der Waals surface area contributed by atoms with E-state index in [2.05, 4.69) is 29.0 Å². The standard InChI is InChI=1S/C25H32N2O4S/c1-32(29,30)26-23-14-7-15-27(25(28)31-18-19-8-5-9-19)24(23)17-20-10-6-13-22(16-20)21-11-3-2-4-12-21/h2-4,6,10-13,16,19,23-24,26H,5,7-9,14-15,17-18H2,1H3/t23-,24-/m0/s1. The molecule has 4 rings (SSSR count). The van der Waals surface area contributed by atoms with Crippen LogP contribution in [0.15, 0.2) is 54.6 Å². The number of nitrogens with one attached hydrogen (secondary N) is 1. The molecule has 6 nitrogen and oxygen atoms in total. The fourth-order valence-electron chi connectivity index (χ4n) is 4.63. The zero-order valence-electron chi connectivity index (χ0n) is 18.6. The number of nitrogens with zero attached hydrogens (tertiary/aromatic N) is 1. The van der Waals surface area contributed by atoms with Gasteiger partial charge in [-0.1, -0.05) is 61.0 Å². The molecule has 7 heteroatoms. The summed E-state index contributed by atoms with van der Waals surface area (Å²) >= 11 is 0. The number of likely N-dealkylation sites (tertiary alicyclic amines) is 1. The molecule has 2 aliphatic rings. The van der Waals surface area contributed by atoms with Crippen LogP contribution in [0.1, 0.15) is 37.7 Å². The Hall–Kier alpha value is -2.38. The van der Waals surface area contributed by atoms with Crippen LogP contribution in [-0.4, -0.2) is 50.9 Å². The lowest BCUT2D eigenvalue weighted by Crippen LogP contribution is -2.58. The fraction of sp³-hybridized carbons (Fsp3) is 0.480. The number of carbonyl (C=O) groups excluding carboxylic acids is 1. The summed E-state index contributed by atoms with van der Waals surface area (Å²) in [6, 6.07) is 17.8. The number of hydrogen-bond acceptors (Lipinski definition) is 4. The van der Waals surface area contributed by atoms with Gasteiger partial charge < -0.3 is 9.64 Å². The summed E-state index contributed by atoms with van der Waals surface area (Å²) in [5, 5.41) is 0. The zero-order chi connectivity index (χ0) is 22.6. The van der Waals surface area contributed by atoms with Crippen molar-refractivity contribution in [2.45, 2.75) is 50.6 Å². The van der Waals surface area contributed by atoms with E-state index in [0.717, 1.165) is 36.0 Å². The van der Waals surface area contributed by atoms with Gasteiger partial charge in [0.1, 0.15) is 0 Å². The number of amides is 1. The molecule has 0 spiro atoms. The molecule has 0 aromatic heterocycles. The van der Waals surface area contributed by atoms with Gasteiger partial charge in [0, 0.05) is 12.6 Å². The summed E-state index contributed by atoms with van der Waals surface area (Å²) in [7, 11) is -3.40. The highest BCUT2D eigenvalue weighted by molar-refractivity contribution is 7.88. The number of sulfonamides is 1. The molecule has 1 heterocycles. The van der Waals surface area contributed by atoms with Crippen LogP contribution in [0.4, 0.5) is 4.79 Å². The van der Waals surface area contributed by atoms with Crippen LogP contribution >= 0.6 is 0 Å². The predicted molar refractivity (Wildman–Crippen MR) is 126 cm³/mol. The van der Waals surface area contributed by atoms with Gasteiger partial charge in [-0.3, -0.25) is 0 Å². The van der Waals surface area contributed by atoms with Crippen molar-refractivity contribution in [2.24, 2.45) is 5.92 Å². The summed E-state index contributed by atoms with van der Waals surface area (Å²) in [5.74, 6) is 0.467. The van der Waals surface area contributed by atoms with Gasteiger partial charge >= 0.3 is 6.09 Å². The molecule has 0 radical (unpaired) electrons. The van der Waals surface area contributed by atoms with Gasteiger partial charge in [0.2, 0.25) is 10.0 Å². The Kier molecular flexibility index (Phi) is 7.16. The molecule has 1 saturated heterocycles. The molecule has 1 amide bonds. The van der Waals surface area contributed by atoms with E-state index in [4.69, 9.17) is 4.74 Å². The smallest absolute Gasteiger partial charge is 0.410 e. The van der Waals surface area contributed by atoms with Gasteiger partial charge in [0.05, 0.1) is 18.9 Å². The molecule has 2 atom stereocenters. The van der Waals surface area contributed by atoms with E-state index in [1.807, 2.05) is 30.3 Å². The van der Waals surface area contributed by atoms with E-state index >= 15 is 0 Å². The third kappa shape index (κ3) is 5.90. The van der Waals surface area contributed by atoms with Gasteiger partial charge in [0.25, 0.3) is 0 Å². The fourth-order valence-corrected chi connectivity index (χ4v) is 5.45. The number of rotatable bonds is 7. The molecule has 0 bridgehead atoms. The Balaban J connectivity index is 1.55. The van der Waals surface area contributed by atoms with E-state index < -0.39 is 10.0 Å². The van der Waals surface area contributed by atoms with E-state index in [9.17, 15) is 13.2 Å². The Morgan fingerprint density at radius 2 is 1.78 bits per heavy atom. The number of carbonyl (C=O) groups is 1. The van der Waals surface area contributed by atoms with Crippen LogP contribution in [0.3, 0.4) is 0 Å². The maximum atomic E-state index is 13.0. The Labute approximate surface area is 191 Å². The predicted octanol–water partition coefficient (Wildman–Crippen LogP) is 4.22. The van der Waals surface area contributed by atoms with Crippen LogP contribution in [0.5, 0.6) is 0 Å². The van der Waals surface area contributed by atoms with Crippen molar-refractivity contribution in [1.29, 1.82) is 0 Å². The van der Waals surface area contributed by atoms with Gasteiger partial charge in [-0.25, -0.2) is 17.9 Å². The maximum absolute atomic E-state index is 13.0. The van der Waals surface area contributed by atoms with Gasteiger partial charge in [-0.15, -0.1) is 0 Å². The first kappa shape index (κ1) is 22.8. The van der Waals surface area contributed by atoms with Crippen LogP contribution in [0, 0.1) is 5.92 Å². The first-order valence-corrected chi connectivity index (χ1v) is 13.3. The Bertz CT molecular complexity index is 1020. The van der Waals surface area contributed by atoms with Crippen molar-refractivity contribution in [1.82, 2.24) is 9.62 Å². The van der Waals surface area contributed by atoms with Gasteiger partial charge in [-0.05, 0) is 54.7 Å². The SMILES string of the molecule is CS(=O)(=O)N[C@H]1CCCN(C(=O)OCC2CCC2)[C@H]1Cc1cccc(-c2ccccc2)c1. The third-order valence-electron chi connectivity index (χ3n) is 6.53. The monoisotopic (exact) mass is 456 g/mol. The molecule has 1 aliphatic heterocycles. The molecule has 1 aliphatic carbocycles. The molecule has 1 N–H and O–H groups in total. The summed E-state index contributed by atoms with van der Waals surface area (Å²) in [6.45, 7) is 1.03. The van der Waals surface area contributed by atoms with Gasteiger partial charge in [-0.2, -0.15) is 0 Å². The van der Waals surface area contributed by atoms with Crippen LogP contribution in [-0.2, 0) is 21.2 Å². The lowest BCUT2D eigenvalue weighted by molar-refractivity contribution is 0.0447. The zero-order valence-corrected chi connectivity index (χ0v) is 19.4. The summed E-state index contributed by atoms with van der Waals surface area (Å²) in [4.78, 5) is 14.7. The normalized spacial score (nSPS) is 21.7. The van der Waals surface area contributed by atoms with Gasteiger partial charge in [0.15, 0.2) is 0 Å². The highest BCUT2D eigenvalue weighted by Crippen LogP contribution is 2.28. The van der Waals surface area contributed by atoms with E-state index in [1.165, 1.54) is 12.7 Å². The summed E-state index contributed by atoms with van der Waals surface area (Å²) < 4.78 is 32.5. The highest BCUT2D eigenvalue weighted by Gasteiger charge is 2.37. The lowest BCUT2D eigenvalue weighted by atomic mass is 9.86. The second-order valence-electron chi connectivity index (χ2n) is 9.04. The minimum atomic E-state index is -3.40. The maximum Gasteiger partial charge on any atom is 0.410 e. The highest BCUT2D eigenvalue weighted by atomic mass is 32.2. The van der Waals surface area contributed by atoms with Crippen molar-refractivity contribution in [2.75, 3.05) is 19.4 Å². The lowest BCUT2D eigenvalue weighted by Gasteiger charge is -2.41. The van der Waals surface area contributed by atoms with Crippen molar-refractivity contribution < 1.29 is 17.9 Å². The number of hydrogen-bond donors (Lipinski definition) is 1. The van der Waals surface area contributed by atoms with Crippen molar-refractivity contribution in [3.05, 3.63) is 60.2 Å². The third-order valence-corrected chi connectivity index (χ3v) is 7.26. The van der Waals surface area contributed by atoms with Crippen LogP contribution in [0.2, 0.25) is 0 Å². The van der Waals surface area contributed by atoms with Crippen molar-refractivity contribution in [3.8, 4) is 11.1 Å². The molecule has 0 unspecified atom stereocenters. The molecule has 172 valence electrons. The molecular formula is C25H32N2O4S. The summed E-state index contributed by atoms with van der Waals surface area (Å²) in [5.41, 5.74) is 3.29. The minimum absolute atomic E-state index is 0.293. The van der Waals surface area contributed by atoms with E-state index in [-0.39, 0.29) is 18.2 Å². The first-order valence-electron chi connectivity index (χ1n) is 11.4. The second-order valence-corrected chi connectivity index (χ2v) is 10.8.